The van der Waals surface area contributed by atoms with Crippen LogP contribution in [0.4, 0.5) is 0 Å². The van der Waals surface area contributed by atoms with E-state index in [1.165, 1.54) is 0 Å². The average molecular weight is 172 g/mol. The van der Waals surface area contributed by atoms with E-state index >= 15 is 0 Å². The Morgan fingerprint density at radius 1 is 1.38 bits per heavy atom. The van der Waals surface area contributed by atoms with Gasteiger partial charge in [-0.15, -0.1) is 0 Å². The Morgan fingerprint density at radius 2 is 2.15 bits per heavy atom. The second-order valence-electron chi connectivity index (χ2n) is 3.10. The molecule has 0 aliphatic heterocycles. The molecule has 0 amide bonds. The number of para-hydroxylation sites is 1. The Bertz CT molecular complexity index is 437. The predicted octanol–water partition coefficient (Wildman–Crippen LogP) is 3.86. The molecule has 0 saturated heterocycles. The SMILES string of the molecule is C=C(CC)c1coc2ccccc12. The number of fused-ring (bicyclic) bond motifs is 1. The molecule has 0 aliphatic carbocycles. The van der Waals surface area contributed by atoms with Crippen molar-refractivity contribution in [1.29, 1.82) is 0 Å². The maximum Gasteiger partial charge on any atom is 0.134 e. The van der Waals surface area contributed by atoms with E-state index in [1.54, 1.807) is 6.26 Å². The fraction of sp³-hybridized carbons (Fsp3) is 0.167. The summed E-state index contributed by atoms with van der Waals surface area (Å²) in [5.74, 6) is 0. The van der Waals surface area contributed by atoms with Gasteiger partial charge in [-0.1, -0.05) is 31.7 Å². The summed E-state index contributed by atoms with van der Waals surface area (Å²) in [6, 6.07) is 8.03. The summed E-state index contributed by atoms with van der Waals surface area (Å²) >= 11 is 0. The van der Waals surface area contributed by atoms with Crippen LogP contribution in [0.3, 0.4) is 0 Å². The van der Waals surface area contributed by atoms with Crippen molar-refractivity contribution in [1.82, 2.24) is 0 Å². The molecule has 2 rings (SSSR count). The number of rotatable bonds is 2. The second kappa shape index (κ2) is 3.09. The van der Waals surface area contributed by atoms with Crippen LogP contribution in [0.15, 0.2) is 41.5 Å². The molecule has 0 fully saturated rings. The van der Waals surface area contributed by atoms with E-state index in [9.17, 15) is 0 Å². The summed E-state index contributed by atoms with van der Waals surface area (Å²) < 4.78 is 5.41. The highest BCUT2D eigenvalue weighted by Gasteiger charge is 2.05. The second-order valence-corrected chi connectivity index (χ2v) is 3.10. The Balaban J connectivity index is 2.64. The molecule has 1 nitrogen and oxygen atoms in total. The highest BCUT2D eigenvalue weighted by atomic mass is 16.3. The van der Waals surface area contributed by atoms with Crippen molar-refractivity contribution in [2.45, 2.75) is 13.3 Å². The molecule has 1 heteroatoms. The fourth-order valence-electron chi connectivity index (χ4n) is 1.44. The Morgan fingerprint density at radius 3 is 2.92 bits per heavy atom. The number of hydrogen-bond acceptors (Lipinski definition) is 1. The van der Waals surface area contributed by atoms with E-state index < -0.39 is 0 Å². The molecule has 0 atom stereocenters. The molecule has 0 unspecified atom stereocenters. The zero-order chi connectivity index (χ0) is 9.26. The number of benzene rings is 1. The van der Waals surface area contributed by atoms with Crippen molar-refractivity contribution in [3.05, 3.63) is 42.7 Å². The van der Waals surface area contributed by atoms with Crippen molar-refractivity contribution < 1.29 is 4.42 Å². The molecule has 0 saturated carbocycles. The zero-order valence-electron chi connectivity index (χ0n) is 7.71. The maximum atomic E-state index is 5.41. The first kappa shape index (κ1) is 8.11. The van der Waals surface area contributed by atoms with Crippen LogP contribution in [0, 0.1) is 0 Å². The summed E-state index contributed by atoms with van der Waals surface area (Å²) in [5, 5.41) is 1.16. The third-order valence-corrected chi connectivity index (χ3v) is 2.29. The van der Waals surface area contributed by atoms with Crippen molar-refractivity contribution in [2.24, 2.45) is 0 Å². The fourth-order valence-corrected chi connectivity index (χ4v) is 1.44. The van der Waals surface area contributed by atoms with Gasteiger partial charge in [-0.3, -0.25) is 0 Å². The maximum absolute atomic E-state index is 5.41. The van der Waals surface area contributed by atoms with Gasteiger partial charge < -0.3 is 4.42 Å². The van der Waals surface area contributed by atoms with Gasteiger partial charge in [-0.2, -0.15) is 0 Å². The van der Waals surface area contributed by atoms with E-state index in [1.807, 2.05) is 18.2 Å². The lowest BCUT2D eigenvalue weighted by Gasteiger charge is -1.97. The van der Waals surface area contributed by atoms with Gasteiger partial charge in [0.25, 0.3) is 0 Å². The summed E-state index contributed by atoms with van der Waals surface area (Å²) in [6.45, 7) is 6.11. The van der Waals surface area contributed by atoms with E-state index in [0.717, 1.165) is 28.5 Å². The highest BCUT2D eigenvalue weighted by molar-refractivity contribution is 5.90. The van der Waals surface area contributed by atoms with Crippen molar-refractivity contribution in [3.8, 4) is 0 Å². The normalized spacial score (nSPS) is 10.5. The Labute approximate surface area is 77.7 Å². The molecule has 0 radical (unpaired) electrons. The monoisotopic (exact) mass is 172 g/mol. The highest BCUT2D eigenvalue weighted by Crippen LogP contribution is 2.27. The van der Waals surface area contributed by atoms with Crippen molar-refractivity contribution in [3.63, 3.8) is 0 Å². The molecule has 1 heterocycles. The third kappa shape index (κ3) is 1.26. The molecule has 1 aromatic heterocycles. The van der Waals surface area contributed by atoms with Crippen LogP contribution in [0.25, 0.3) is 16.5 Å². The molecular weight excluding hydrogens is 160 g/mol. The smallest absolute Gasteiger partial charge is 0.134 e. The lowest BCUT2D eigenvalue weighted by molar-refractivity contribution is 0.614. The van der Waals surface area contributed by atoms with Crippen LogP contribution in [-0.2, 0) is 0 Å². The molecule has 2 aromatic rings. The van der Waals surface area contributed by atoms with Gasteiger partial charge in [0.05, 0.1) is 6.26 Å². The molecule has 66 valence electrons. The van der Waals surface area contributed by atoms with Gasteiger partial charge in [0.1, 0.15) is 5.58 Å². The summed E-state index contributed by atoms with van der Waals surface area (Å²) in [6.07, 6.45) is 2.75. The number of allylic oxidation sites excluding steroid dienone is 1. The van der Waals surface area contributed by atoms with Gasteiger partial charge in [-0.25, -0.2) is 0 Å². The Hall–Kier alpha value is -1.50. The molecule has 0 aliphatic rings. The lowest BCUT2D eigenvalue weighted by atomic mass is 10.0. The predicted molar refractivity (Wildman–Crippen MR) is 55.5 cm³/mol. The minimum Gasteiger partial charge on any atom is -0.464 e. The first-order valence-electron chi connectivity index (χ1n) is 4.47. The van der Waals surface area contributed by atoms with Gasteiger partial charge in [0.15, 0.2) is 0 Å². The van der Waals surface area contributed by atoms with E-state index in [-0.39, 0.29) is 0 Å². The largest absolute Gasteiger partial charge is 0.464 e. The molecule has 0 N–H and O–H groups in total. The van der Waals surface area contributed by atoms with Crippen LogP contribution in [-0.4, -0.2) is 0 Å². The minimum absolute atomic E-state index is 0.937. The van der Waals surface area contributed by atoms with Gasteiger partial charge in [-0.05, 0) is 18.1 Å². The molecule has 1 aromatic carbocycles. The first-order chi connectivity index (χ1) is 6.33. The number of furan rings is 1. The first-order valence-corrected chi connectivity index (χ1v) is 4.47. The standard InChI is InChI=1S/C12H12O/c1-3-9(2)11-8-13-12-7-5-4-6-10(11)12/h4-8H,2-3H2,1H3. The topological polar surface area (TPSA) is 13.1 Å². The molecule has 0 bridgehead atoms. The van der Waals surface area contributed by atoms with E-state index in [4.69, 9.17) is 4.42 Å². The number of hydrogen-bond donors (Lipinski definition) is 0. The lowest BCUT2D eigenvalue weighted by Crippen LogP contribution is -1.76. The quantitative estimate of drug-likeness (QED) is 0.670. The molecular formula is C12H12O. The van der Waals surface area contributed by atoms with Gasteiger partial charge in [0.2, 0.25) is 0 Å². The molecule has 0 spiro atoms. The zero-order valence-corrected chi connectivity index (χ0v) is 7.71. The van der Waals surface area contributed by atoms with E-state index in [0.29, 0.717) is 0 Å². The van der Waals surface area contributed by atoms with Gasteiger partial charge >= 0.3 is 0 Å². The minimum atomic E-state index is 0.937. The van der Waals surface area contributed by atoms with E-state index in [2.05, 4.69) is 19.6 Å². The average Bonchev–Trinajstić information content (AvgIpc) is 2.60. The molecule has 13 heavy (non-hydrogen) atoms. The summed E-state index contributed by atoms with van der Waals surface area (Å²) in [4.78, 5) is 0. The van der Waals surface area contributed by atoms with Crippen LogP contribution in [0.1, 0.15) is 18.9 Å². The summed E-state index contributed by atoms with van der Waals surface area (Å²) in [7, 11) is 0. The summed E-state index contributed by atoms with van der Waals surface area (Å²) in [5.41, 5.74) is 3.20. The van der Waals surface area contributed by atoms with Gasteiger partial charge in [0, 0.05) is 10.9 Å². The van der Waals surface area contributed by atoms with Crippen LogP contribution >= 0.6 is 0 Å². The van der Waals surface area contributed by atoms with Crippen LogP contribution in [0.5, 0.6) is 0 Å². The third-order valence-electron chi connectivity index (χ3n) is 2.29. The Kier molecular flexibility index (Phi) is 1.93. The van der Waals surface area contributed by atoms with Crippen molar-refractivity contribution >= 4 is 16.5 Å². The van der Waals surface area contributed by atoms with Crippen molar-refractivity contribution in [2.75, 3.05) is 0 Å². The van der Waals surface area contributed by atoms with Crippen LogP contribution in [0.2, 0.25) is 0 Å². The van der Waals surface area contributed by atoms with Crippen LogP contribution < -0.4 is 0 Å².